The van der Waals surface area contributed by atoms with Gasteiger partial charge in [-0.2, -0.15) is 0 Å². The van der Waals surface area contributed by atoms with Crippen molar-refractivity contribution in [3.63, 3.8) is 0 Å². The van der Waals surface area contributed by atoms with Crippen LogP contribution in [0.1, 0.15) is 31.0 Å². The van der Waals surface area contributed by atoms with Crippen LogP contribution in [0.4, 0.5) is 5.69 Å². The van der Waals surface area contributed by atoms with Gasteiger partial charge in [-0.1, -0.05) is 41.1 Å². The number of esters is 1. The lowest BCUT2D eigenvalue weighted by molar-refractivity contribution is -0.387. The predicted octanol–water partition coefficient (Wildman–Crippen LogP) is 4.30. The van der Waals surface area contributed by atoms with E-state index in [1.807, 2.05) is 0 Å². The molecule has 0 spiro atoms. The van der Waals surface area contributed by atoms with Crippen molar-refractivity contribution >= 4 is 52.4 Å². The van der Waals surface area contributed by atoms with E-state index in [-0.39, 0.29) is 17.9 Å². The van der Waals surface area contributed by atoms with Gasteiger partial charge in [-0.25, -0.2) is 19.8 Å². The number of fused-ring (bicyclic) bond motifs is 1. The minimum absolute atomic E-state index is 0.140. The number of allylic oxidation sites excluding steroid dienone is 1. The van der Waals surface area contributed by atoms with Gasteiger partial charge in [-0.15, -0.1) is 0 Å². The van der Waals surface area contributed by atoms with E-state index in [1.165, 1.54) is 10.6 Å². The predicted molar refractivity (Wildman–Crippen MR) is 151 cm³/mol. The van der Waals surface area contributed by atoms with Gasteiger partial charge in [0.05, 0.1) is 38.3 Å². The lowest BCUT2D eigenvalue weighted by atomic mass is 9.96. The Bertz CT molecular complexity index is 1840. The number of halogens is 1. The van der Waals surface area contributed by atoms with Crippen molar-refractivity contribution in [2.45, 2.75) is 29.9 Å². The Morgan fingerprint density at radius 2 is 1.95 bits per heavy atom. The maximum atomic E-state index is 13.8. The number of thiazole rings is 1. The summed E-state index contributed by atoms with van der Waals surface area (Å²) in [6.07, 6.45) is 4.69. The lowest BCUT2D eigenvalue weighted by Crippen LogP contribution is -2.39. The first kappa shape index (κ1) is 27.4. The second-order valence-electron chi connectivity index (χ2n) is 8.47. The molecule has 0 bridgehead atoms. The highest BCUT2D eigenvalue weighted by atomic mass is 35.5. The Morgan fingerprint density at radius 1 is 1.23 bits per heavy atom. The Labute approximate surface area is 240 Å². The first-order valence-electron chi connectivity index (χ1n) is 11.9. The summed E-state index contributed by atoms with van der Waals surface area (Å²) < 4.78 is 7.05. The molecule has 202 valence electrons. The zero-order chi connectivity index (χ0) is 28.4. The van der Waals surface area contributed by atoms with Crippen LogP contribution in [-0.2, 0) is 9.53 Å². The van der Waals surface area contributed by atoms with Gasteiger partial charge in [0.15, 0.2) is 9.96 Å². The van der Waals surface area contributed by atoms with Crippen LogP contribution in [0, 0.1) is 10.1 Å². The minimum atomic E-state index is -0.784. The highest BCUT2D eigenvalue weighted by molar-refractivity contribution is 7.99. The van der Waals surface area contributed by atoms with Crippen molar-refractivity contribution < 1.29 is 14.5 Å². The van der Waals surface area contributed by atoms with E-state index in [0.717, 1.165) is 23.1 Å². The number of carbonyl (C=O) groups excluding carboxylic acids is 1. The number of hydrogen-bond donors (Lipinski definition) is 0. The number of rotatable bonds is 7. The average Bonchev–Trinajstić information content (AvgIpc) is 3.23. The van der Waals surface area contributed by atoms with Crippen molar-refractivity contribution in [3.8, 4) is 0 Å². The zero-order valence-corrected chi connectivity index (χ0v) is 23.5. The fourth-order valence-corrected chi connectivity index (χ4v) is 6.16. The lowest BCUT2D eigenvalue weighted by Gasteiger charge is -2.24. The van der Waals surface area contributed by atoms with E-state index in [1.54, 1.807) is 74.8 Å². The van der Waals surface area contributed by atoms with Gasteiger partial charge in [-0.3, -0.25) is 19.5 Å². The van der Waals surface area contributed by atoms with Crippen LogP contribution in [-0.4, -0.2) is 32.0 Å². The topological polar surface area (TPSA) is 130 Å². The molecule has 0 N–H and O–H groups in total. The molecule has 3 heterocycles. The number of aromatic nitrogens is 3. The van der Waals surface area contributed by atoms with E-state index in [9.17, 15) is 19.7 Å². The summed E-state index contributed by atoms with van der Waals surface area (Å²) in [4.78, 5) is 51.6. The van der Waals surface area contributed by atoms with Crippen LogP contribution in [0.15, 0.2) is 92.0 Å². The molecule has 1 aliphatic rings. The molecule has 5 rings (SSSR count). The quantitative estimate of drug-likeness (QED) is 0.134. The summed E-state index contributed by atoms with van der Waals surface area (Å²) in [6, 6.07) is 12.4. The van der Waals surface area contributed by atoms with Crippen molar-refractivity contribution in [2.24, 2.45) is 4.99 Å². The molecule has 1 atom stereocenters. The van der Waals surface area contributed by atoms with Crippen LogP contribution in [0.5, 0.6) is 0 Å². The fraction of sp³-hybridized carbons (Fsp3) is 0.148. The Morgan fingerprint density at radius 3 is 2.62 bits per heavy atom. The third kappa shape index (κ3) is 5.46. The van der Waals surface area contributed by atoms with E-state index >= 15 is 0 Å². The maximum absolute atomic E-state index is 13.8. The number of nitro benzene ring substituents is 1. The van der Waals surface area contributed by atoms with Gasteiger partial charge in [0, 0.05) is 23.5 Å². The summed E-state index contributed by atoms with van der Waals surface area (Å²) in [5, 5.41) is 12.7. The number of benzene rings is 2. The minimum Gasteiger partial charge on any atom is -0.463 e. The second-order valence-corrected chi connectivity index (χ2v) is 10.9. The van der Waals surface area contributed by atoms with E-state index < -0.39 is 22.5 Å². The molecule has 2 aromatic heterocycles. The molecule has 0 fully saturated rings. The molecular weight excluding hydrogens is 574 g/mol. The van der Waals surface area contributed by atoms with Gasteiger partial charge in [0.25, 0.3) is 11.2 Å². The first-order chi connectivity index (χ1) is 19.3. The van der Waals surface area contributed by atoms with Crippen LogP contribution in [0.25, 0.3) is 6.08 Å². The standard InChI is InChI=1S/C27H20ClN5O5S2/c1-3-38-25(35)22-15(2)31-27-32(23(22)17-6-8-18(28)9-7-17)24(34)21(40-27)14-16-5-10-20(19(13-16)33(36)37)39-26-29-11-4-12-30-26/h4-14,23H,3H2,1-2H3/b21-14+/t23-/m1/s1. The molecule has 13 heteroatoms. The Hall–Kier alpha value is -4.13. The van der Waals surface area contributed by atoms with Gasteiger partial charge < -0.3 is 4.74 Å². The highest BCUT2D eigenvalue weighted by Gasteiger charge is 2.33. The molecule has 0 amide bonds. The fourth-order valence-electron chi connectivity index (χ4n) is 4.19. The van der Waals surface area contributed by atoms with Gasteiger partial charge in [0.2, 0.25) is 0 Å². The largest absolute Gasteiger partial charge is 0.463 e. The van der Waals surface area contributed by atoms with Crippen LogP contribution in [0.3, 0.4) is 0 Å². The molecule has 0 saturated carbocycles. The molecule has 0 aliphatic carbocycles. The van der Waals surface area contributed by atoms with E-state index in [0.29, 0.717) is 41.2 Å². The molecule has 0 saturated heterocycles. The number of hydrogen-bond acceptors (Lipinski definition) is 10. The zero-order valence-electron chi connectivity index (χ0n) is 21.1. The highest BCUT2D eigenvalue weighted by Crippen LogP contribution is 2.34. The molecule has 0 radical (unpaired) electrons. The third-order valence-electron chi connectivity index (χ3n) is 5.92. The van der Waals surface area contributed by atoms with Crippen LogP contribution >= 0.6 is 34.7 Å². The van der Waals surface area contributed by atoms with Gasteiger partial charge >= 0.3 is 5.97 Å². The molecule has 4 aromatic rings. The third-order valence-corrected chi connectivity index (χ3v) is 8.12. The molecule has 1 aliphatic heterocycles. The summed E-state index contributed by atoms with van der Waals surface area (Å²) in [5.41, 5.74) is 1.28. The second kappa shape index (κ2) is 11.5. The molecule has 2 aromatic carbocycles. The monoisotopic (exact) mass is 593 g/mol. The van der Waals surface area contributed by atoms with Crippen molar-refractivity contribution in [1.29, 1.82) is 0 Å². The van der Waals surface area contributed by atoms with E-state index in [4.69, 9.17) is 16.3 Å². The molecule has 40 heavy (non-hydrogen) atoms. The summed E-state index contributed by atoms with van der Waals surface area (Å²) in [5.74, 6) is -0.566. The van der Waals surface area contributed by atoms with Gasteiger partial charge in [0.1, 0.15) is 0 Å². The number of nitro groups is 1. The normalized spacial score (nSPS) is 15.0. The number of carbonyl (C=O) groups is 1. The van der Waals surface area contributed by atoms with E-state index in [2.05, 4.69) is 15.0 Å². The Kier molecular flexibility index (Phi) is 7.92. The van der Waals surface area contributed by atoms with Crippen LogP contribution < -0.4 is 14.9 Å². The summed E-state index contributed by atoms with van der Waals surface area (Å²) in [7, 11) is 0. The molecular formula is C27H20ClN5O5S2. The summed E-state index contributed by atoms with van der Waals surface area (Å²) in [6.45, 7) is 3.56. The first-order valence-corrected chi connectivity index (χ1v) is 14.0. The molecule has 10 nitrogen and oxygen atoms in total. The van der Waals surface area contributed by atoms with Crippen molar-refractivity contribution in [2.75, 3.05) is 6.61 Å². The van der Waals surface area contributed by atoms with Crippen LogP contribution in [0.2, 0.25) is 5.02 Å². The Balaban J connectivity index is 1.62. The number of ether oxygens (including phenoxy) is 1. The maximum Gasteiger partial charge on any atom is 0.338 e. The van der Waals surface area contributed by atoms with Crippen molar-refractivity contribution in [1.82, 2.24) is 14.5 Å². The molecule has 0 unspecified atom stereocenters. The summed E-state index contributed by atoms with van der Waals surface area (Å²) >= 11 is 8.30. The smallest absolute Gasteiger partial charge is 0.338 e. The van der Waals surface area contributed by atoms with Gasteiger partial charge in [-0.05, 0) is 67.1 Å². The van der Waals surface area contributed by atoms with Crippen molar-refractivity contribution in [3.05, 3.63) is 118 Å². The SMILES string of the molecule is CCOC(=O)C1=C(C)N=c2s/c(=C/c3ccc(Sc4ncccn4)c([N+](=O)[O-])c3)c(=O)n2[C@@H]1c1ccc(Cl)cc1. The number of nitrogens with zero attached hydrogens (tertiary/aromatic N) is 5. The average molecular weight is 594 g/mol.